The van der Waals surface area contributed by atoms with Crippen molar-refractivity contribution in [2.75, 3.05) is 26.2 Å². The number of aryl methyl sites for hydroxylation is 1. The molecule has 208 valence electrons. The molecule has 0 saturated carbocycles. The van der Waals surface area contributed by atoms with E-state index in [1.807, 2.05) is 28.8 Å². The van der Waals surface area contributed by atoms with Crippen LogP contribution in [0.5, 0.6) is 5.75 Å². The van der Waals surface area contributed by atoms with Crippen LogP contribution in [-0.2, 0) is 16.1 Å². The Morgan fingerprint density at radius 2 is 2.00 bits per heavy atom. The first-order chi connectivity index (χ1) is 18.8. The number of rotatable bonds is 5. The molecule has 0 radical (unpaired) electrons. The SMILES string of the molecule is CC(C)C[C@H]1COc2ccc(Cl)cc2C(=O)NCCCCN(C(=O)CCn2cnc3ccccc32)CC(=O)N1. The van der Waals surface area contributed by atoms with Gasteiger partial charge in [-0.15, -0.1) is 0 Å². The lowest BCUT2D eigenvalue weighted by Crippen LogP contribution is -2.47. The number of nitrogens with zero attached hydrogens (tertiary/aromatic N) is 3. The number of hydrogen-bond acceptors (Lipinski definition) is 5. The van der Waals surface area contributed by atoms with E-state index in [0.717, 1.165) is 11.0 Å². The van der Waals surface area contributed by atoms with E-state index in [4.69, 9.17) is 16.3 Å². The summed E-state index contributed by atoms with van der Waals surface area (Å²) in [5.74, 6) is 0.115. The number of halogens is 1. The fraction of sp³-hybridized carbons (Fsp3) is 0.448. The number of carbonyl (C=O) groups is 3. The van der Waals surface area contributed by atoms with Crippen LogP contribution in [0.25, 0.3) is 11.0 Å². The molecular formula is C29H36ClN5O4. The van der Waals surface area contributed by atoms with Gasteiger partial charge in [0.1, 0.15) is 12.4 Å². The van der Waals surface area contributed by atoms with E-state index in [9.17, 15) is 14.4 Å². The summed E-state index contributed by atoms with van der Waals surface area (Å²) in [5.41, 5.74) is 2.20. The van der Waals surface area contributed by atoms with Gasteiger partial charge in [0.25, 0.3) is 5.91 Å². The quantitative estimate of drug-likeness (QED) is 0.496. The molecule has 1 aromatic heterocycles. The Labute approximate surface area is 233 Å². The van der Waals surface area contributed by atoms with E-state index < -0.39 is 0 Å². The van der Waals surface area contributed by atoms with E-state index in [2.05, 4.69) is 29.5 Å². The van der Waals surface area contributed by atoms with Crippen molar-refractivity contribution in [3.63, 3.8) is 0 Å². The molecule has 4 rings (SSSR count). The third-order valence-electron chi connectivity index (χ3n) is 6.67. The predicted molar refractivity (Wildman–Crippen MR) is 151 cm³/mol. The number of amides is 3. The molecule has 2 aromatic carbocycles. The van der Waals surface area contributed by atoms with Gasteiger partial charge in [0.05, 0.1) is 35.5 Å². The van der Waals surface area contributed by atoms with Gasteiger partial charge in [0.15, 0.2) is 0 Å². The first kappa shape index (κ1) is 28.4. The van der Waals surface area contributed by atoms with Crippen LogP contribution < -0.4 is 15.4 Å². The van der Waals surface area contributed by atoms with Crippen LogP contribution in [0.3, 0.4) is 0 Å². The summed E-state index contributed by atoms with van der Waals surface area (Å²) in [4.78, 5) is 45.3. The minimum absolute atomic E-state index is 0.0311. The van der Waals surface area contributed by atoms with E-state index in [0.29, 0.717) is 61.2 Å². The highest BCUT2D eigenvalue weighted by Gasteiger charge is 2.22. The topological polar surface area (TPSA) is 106 Å². The van der Waals surface area contributed by atoms with Crippen molar-refractivity contribution in [3.05, 3.63) is 59.4 Å². The van der Waals surface area contributed by atoms with Crippen LogP contribution in [0.4, 0.5) is 0 Å². The van der Waals surface area contributed by atoms with E-state index in [1.54, 1.807) is 29.4 Å². The number of imidazole rings is 1. The minimum Gasteiger partial charge on any atom is -0.491 e. The van der Waals surface area contributed by atoms with Gasteiger partial charge in [-0.3, -0.25) is 14.4 Å². The Morgan fingerprint density at radius 3 is 2.82 bits per heavy atom. The number of fused-ring (bicyclic) bond motifs is 2. The molecule has 2 N–H and O–H groups in total. The standard InChI is InChI=1S/C29H36ClN5O4/c1-20(2)15-22-18-39-26-10-9-21(30)16-23(26)29(38)31-12-5-6-13-34(17-27(36)33-22)28(37)11-14-35-19-32-24-7-3-4-8-25(24)35/h3-4,7-10,16,19-20,22H,5-6,11-15,17-18H2,1-2H3,(H,31,38)(H,33,36)/t22-/m0/s1. The summed E-state index contributed by atoms with van der Waals surface area (Å²) in [7, 11) is 0. The number of nitrogens with one attached hydrogen (secondary N) is 2. The summed E-state index contributed by atoms with van der Waals surface area (Å²) in [6.45, 7) is 5.61. The third-order valence-corrected chi connectivity index (χ3v) is 6.90. The molecule has 1 aliphatic rings. The Balaban J connectivity index is 1.47. The maximum Gasteiger partial charge on any atom is 0.255 e. The zero-order chi connectivity index (χ0) is 27.8. The average molecular weight is 554 g/mol. The van der Waals surface area contributed by atoms with Gasteiger partial charge in [-0.2, -0.15) is 0 Å². The summed E-state index contributed by atoms with van der Waals surface area (Å²) < 4.78 is 7.97. The average Bonchev–Trinajstić information content (AvgIpc) is 3.32. The van der Waals surface area contributed by atoms with Crippen LogP contribution >= 0.6 is 11.6 Å². The van der Waals surface area contributed by atoms with Crippen LogP contribution in [0.2, 0.25) is 5.02 Å². The fourth-order valence-corrected chi connectivity index (χ4v) is 4.93. The Kier molecular flexibility index (Phi) is 9.81. The summed E-state index contributed by atoms with van der Waals surface area (Å²) in [6.07, 6.45) is 3.96. The van der Waals surface area contributed by atoms with Crippen molar-refractivity contribution < 1.29 is 19.1 Å². The Bertz CT molecular complexity index is 1310. The number of hydrogen-bond donors (Lipinski definition) is 2. The van der Waals surface area contributed by atoms with Crippen LogP contribution in [0, 0.1) is 5.92 Å². The van der Waals surface area contributed by atoms with Crippen LogP contribution in [0.1, 0.15) is 49.9 Å². The lowest BCUT2D eigenvalue weighted by atomic mass is 10.0. The molecule has 0 bridgehead atoms. The number of aromatic nitrogens is 2. The second-order valence-corrected chi connectivity index (χ2v) is 10.7. The first-order valence-electron chi connectivity index (χ1n) is 13.5. The highest BCUT2D eigenvalue weighted by molar-refractivity contribution is 6.31. The van der Waals surface area contributed by atoms with Crippen molar-refractivity contribution in [2.24, 2.45) is 5.92 Å². The molecule has 39 heavy (non-hydrogen) atoms. The van der Waals surface area contributed by atoms with Gasteiger partial charge in [0.2, 0.25) is 11.8 Å². The number of para-hydroxylation sites is 2. The zero-order valence-corrected chi connectivity index (χ0v) is 23.2. The van der Waals surface area contributed by atoms with E-state index in [1.165, 1.54) is 0 Å². The highest BCUT2D eigenvalue weighted by atomic mass is 35.5. The van der Waals surface area contributed by atoms with Gasteiger partial charge in [0, 0.05) is 31.1 Å². The molecule has 1 aliphatic heterocycles. The first-order valence-corrected chi connectivity index (χ1v) is 13.9. The Hall–Kier alpha value is -3.59. The van der Waals surface area contributed by atoms with Crippen LogP contribution in [0.15, 0.2) is 48.8 Å². The third kappa shape index (κ3) is 7.95. The zero-order valence-electron chi connectivity index (χ0n) is 22.5. The molecular weight excluding hydrogens is 518 g/mol. The van der Waals surface area contributed by atoms with Gasteiger partial charge >= 0.3 is 0 Å². The van der Waals surface area contributed by atoms with E-state index in [-0.39, 0.29) is 43.3 Å². The normalized spacial score (nSPS) is 17.5. The fourth-order valence-electron chi connectivity index (χ4n) is 4.76. The number of carbonyl (C=O) groups excluding carboxylic acids is 3. The van der Waals surface area contributed by atoms with Crippen molar-refractivity contribution >= 4 is 40.4 Å². The molecule has 1 atom stereocenters. The highest BCUT2D eigenvalue weighted by Crippen LogP contribution is 2.24. The molecule has 0 fully saturated rings. The maximum absolute atomic E-state index is 13.3. The number of benzene rings is 2. The van der Waals surface area contributed by atoms with E-state index >= 15 is 0 Å². The Morgan fingerprint density at radius 1 is 1.18 bits per heavy atom. The molecule has 0 unspecified atom stereocenters. The monoisotopic (exact) mass is 553 g/mol. The van der Waals surface area contributed by atoms with Crippen LogP contribution in [-0.4, -0.2) is 64.5 Å². The van der Waals surface area contributed by atoms with Gasteiger partial charge in [-0.25, -0.2) is 4.98 Å². The largest absolute Gasteiger partial charge is 0.491 e. The molecule has 3 aromatic rings. The second-order valence-electron chi connectivity index (χ2n) is 10.3. The maximum atomic E-state index is 13.3. The van der Waals surface area contributed by atoms with Gasteiger partial charge < -0.3 is 24.8 Å². The minimum atomic E-state index is -0.288. The number of ether oxygens (including phenoxy) is 1. The molecule has 0 aliphatic carbocycles. The molecule has 9 nitrogen and oxygen atoms in total. The summed E-state index contributed by atoms with van der Waals surface area (Å²) in [6, 6.07) is 12.4. The predicted octanol–water partition coefficient (Wildman–Crippen LogP) is 4.04. The molecule has 2 heterocycles. The molecule has 10 heteroatoms. The lowest BCUT2D eigenvalue weighted by molar-refractivity contribution is -0.136. The smallest absolute Gasteiger partial charge is 0.255 e. The molecule has 0 saturated heterocycles. The molecule has 3 amide bonds. The van der Waals surface area contributed by atoms with Crippen molar-refractivity contribution in [2.45, 2.75) is 52.1 Å². The van der Waals surface area contributed by atoms with Crippen molar-refractivity contribution in [3.8, 4) is 5.75 Å². The van der Waals surface area contributed by atoms with Gasteiger partial charge in [-0.05, 0) is 55.5 Å². The van der Waals surface area contributed by atoms with Crippen molar-refractivity contribution in [1.29, 1.82) is 0 Å². The van der Waals surface area contributed by atoms with Crippen molar-refractivity contribution in [1.82, 2.24) is 25.1 Å². The second kappa shape index (κ2) is 13.5. The molecule has 0 spiro atoms. The summed E-state index contributed by atoms with van der Waals surface area (Å²) >= 11 is 6.15. The van der Waals surface area contributed by atoms with Gasteiger partial charge in [-0.1, -0.05) is 37.6 Å². The summed E-state index contributed by atoms with van der Waals surface area (Å²) in [5, 5.41) is 6.41. The lowest BCUT2D eigenvalue weighted by Gasteiger charge is -2.25.